The minimum Gasteiger partial charge on any atom is -0.497 e. The van der Waals surface area contributed by atoms with Gasteiger partial charge in [-0.1, -0.05) is 30.8 Å². The Kier molecular flexibility index (Phi) is 5.51. The van der Waals surface area contributed by atoms with E-state index in [0.717, 1.165) is 17.7 Å². The van der Waals surface area contributed by atoms with Crippen molar-refractivity contribution in [1.82, 2.24) is 14.8 Å². The number of aromatic nitrogens is 3. The van der Waals surface area contributed by atoms with Gasteiger partial charge >= 0.3 is 5.97 Å². The van der Waals surface area contributed by atoms with Crippen molar-refractivity contribution in [2.45, 2.75) is 31.5 Å². The van der Waals surface area contributed by atoms with Crippen LogP contribution in [0.15, 0.2) is 40.7 Å². The van der Waals surface area contributed by atoms with Crippen LogP contribution in [0.4, 0.5) is 5.95 Å². The molecule has 7 nitrogen and oxygen atoms in total. The number of hydrogen-bond donors (Lipinski definition) is 1. The number of nitrogens with one attached hydrogen (secondary N) is 1. The van der Waals surface area contributed by atoms with Gasteiger partial charge in [0.2, 0.25) is 11.1 Å². The number of hydrogen-bond acceptors (Lipinski definition) is 7. The molecule has 1 aromatic heterocycles. The number of carbonyl (C=O) groups excluding carboxylic acids is 1. The number of ether oxygens (including phenoxy) is 2. The zero-order valence-corrected chi connectivity index (χ0v) is 16.1. The summed E-state index contributed by atoms with van der Waals surface area (Å²) in [5, 5.41) is 8.48. The first-order valence-electron chi connectivity index (χ1n) is 8.38. The van der Waals surface area contributed by atoms with Gasteiger partial charge in [0.1, 0.15) is 11.8 Å². The van der Waals surface area contributed by atoms with Gasteiger partial charge in [0, 0.05) is 11.4 Å². The van der Waals surface area contributed by atoms with Crippen molar-refractivity contribution < 1.29 is 14.3 Å². The Morgan fingerprint density at radius 2 is 2.19 bits per heavy atom. The van der Waals surface area contributed by atoms with Crippen LogP contribution in [0.25, 0.3) is 0 Å². The Morgan fingerprint density at radius 3 is 2.88 bits per heavy atom. The fourth-order valence-corrected chi connectivity index (χ4v) is 3.56. The van der Waals surface area contributed by atoms with Crippen LogP contribution in [0.3, 0.4) is 0 Å². The number of rotatable bonds is 6. The summed E-state index contributed by atoms with van der Waals surface area (Å²) >= 11 is 1.59. The van der Waals surface area contributed by atoms with Gasteiger partial charge in [-0.25, -0.2) is 9.48 Å². The Labute approximate surface area is 156 Å². The molecule has 0 fully saturated rings. The topological polar surface area (TPSA) is 78.3 Å². The van der Waals surface area contributed by atoms with E-state index in [1.807, 2.05) is 31.2 Å². The lowest BCUT2D eigenvalue weighted by Gasteiger charge is -2.28. The van der Waals surface area contributed by atoms with Crippen LogP contribution in [0.1, 0.15) is 31.9 Å². The summed E-state index contributed by atoms with van der Waals surface area (Å²) in [6.07, 6.45) is 1.03. The highest BCUT2D eigenvalue weighted by Crippen LogP contribution is 2.37. The fraction of sp³-hybridized carbons (Fsp3) is 0.389. The van der Waals surface area contributed by atoms with Gasteiger partial charge in [-0.15, -0.1) is 5.10 Å². The van der Waals surface area contributed by atoms with Crippen LogP contribution in [0.5, 0.6) is 5.75 Å². The molecule has 26 heavy (non-hydrogen) atoms. The second kappa shape index (κ2) is 7.82. The van der Waals surface area contributed by atoms with Crippen molar-refractivity contribution in [1.29, 1.82) is 0 Å². The van der Waals surface area contributed by atoms with Crippen molar-refractivity contribution in [3.8, 4) is 5.75 Å². The largest absolute Gasteiger partial charge is 0.497 e. The number of benzene rings is 1. The van der Waals surface area contributed by atoms with Crippen molar-refractivity contribution in [3.63, 3.8) is 0 Å². The van der Waals surface area contributed by atoms with Crippen LogP contribution in [0.2, 0.25) is 0 Å². The zero-order chi connectivity index (χ0) is 18.7. The summed E-state index contributed by atoms with van der Waals surface area (Å²) in [5.41, 5.74) is 2.09. The average molecular weight is 374 g/mol. The molecule has 1 aromatic carbocycles. The molecule has 1 aliphatic heterocycles. The van der Waals surface area contributed by atoms with Crippen LogP contribution in [-0.2, 0) is 9.53 Å². The average Bonchev–Trinajstić information content (AvgIpc) is 3.06. The first-order valence-corrected chi connectivity index (χ1v) is 9.37. The summed E-state index contributed by atoms with van der Waals surface area (Å²) < 4.78 is 12.1. The maximum Gasteiger partial charge on any atom is 0.338 e. The minimum atomic E-state index is -0.433. The monoisotopic (exact) mass is 374 g/mol. The van der Waals surface area contributed by atoms with Gasteiger partial charge in [-0.3, -0.25) is 0 Å². The van der Waals surface area contributed by atoms with Gasteiger partial charge in [-0.2, -0.15) is 4.98 Å². The van der Waals surface area contributed by atoms with E-state index in [4.69, 9.17) is 9.47 Å². The minimum absolute atomic E-state index is 0.397. The molecule has 0 aliphatic carbocycles. The predicted octanol–water partition coefficient (Wildman–Crippen LogP) is 3.25. The predicted molar refractivity (Wildman–Crippen MR) is 101 cm³/mol. The first-order chi connectivity index (χ1) is 12.6. The summed E-state index contributed by atoms with van der Waals surface area (Å²) in [5.74, 6) is 1.86. The lowest BCUT2D eigenvalue weighted by molar-refractivity contribution is -0.136. The molecule has 3 rings (SSSR count). The second-order valence-corrected chi connectivity index (χ2v) is 6.91. The molecule has 1 N–H and O–H groups in total. The lowest BCUT2D eigenvalue weighted by Crippen LogP contribution is -2.29. The molecule has 0 saturated heterocycles. The van der Waals surface area contributed by atoms with Crippen molar-refractivity contribution in [2.75, 3.05) is 25.3 Å². The number of anilines is 1. The molecule has 1 unspecified atom stereocenters. The van der Waals surface area contributed by atoms with Crippen LogP contribution < -0.4 is 10.1 Å². The maximum absolute atomic E-state index is 12.5. The maximum atomic E-state index is 12.5. The van der Waals surface area contributed by atoms with E-state index in [2.05, 4.69) is 22.3 Å². The van der Waals surface area contributed by atoms with Crippen molar-refractivity contribution in [2.24, 2.45) is 0 Å². The number of carbonyl (C=O) groups is 1. The number of nitrogens with zero attached hydrogens (tertiary/aromatic N) is 3. The summed E-state index contributed by atoms with van der Waals surface area (Å²) in [6, 6.07) is 7.17. The molecule has 2 aromatic rings. The quantitative estimate of drug-likeness (QED) is 0.614. The molecule has 2 heterocycles. The number of thioether (sulfide) groups is 1. The lowest BCUT2D eigenvalue weighted by atomic mass is 9.95. The Bertz CT molecular complexity index is 847. The molecule has 0 saturated carbocycles. The van der Waals surface area contributed by atoms with Gasteiger partial charge < -0.3 is 14.8 Å². The van der Waals surface area contributed by atoms with E-state index in [9.17, 15) is 4.79 Å². The first kappa shape index (κ1) is 18.3. The molecule has 1 atom stereocenters. The van der Waals surface area contributed by atoms with Crippen molar-refractivity contribution >= 4 is 23.7 Å². The fourth-order valence-electron chi connectivity index (χ4n) is 2.88. The number of methoxy groups -OCH3 is 2. The second-order valence-electron chi connectivity index (χ2n) is 5.85. The SMILES string of the molecule is CCCSc1nc2n(n1)C(c1cccc(OC)c1)C(C(=O)OC)=C(C)N2. The molecule has 8 heteroatoms. The van der Waals surface area contributed by atoms with Gasteiger partial charge in [0.05, 0.1) is 19.8 Å². The molecule has 138 valence electrons. The summed E-state index contributed by atoms with van der Waals surface area (Å²) in [7, 11) is 2.99. The highest BCUT2D eigenvalue weighted by molar-refractivity contribution is 7.99. The molecular weight excluding hydrogens is 352 g/mol. The van der Waals surface area contributed by atoms with E-state index >= 15 is 0 Å². The third-order valence-corrected chi connectivity index (χ3v) is 5.13. The van der Waals surface area contributed by atoms with Crippen LogP contribution in [0, 0.1) is 0 Å². The number of allylic oxidation sites excluding steroid dienone is 1. The normalized spacial score (nSPS) is 16.1. The Morgan fingerprint density at radius 1 is 1.38 bits per heavy atom. The van der Waals surface area contributed by atoms with E-state index in [1.165, 1.54) is 7.11 Å². The molecule has 1 aliphatic rings. The summed E-state index contributed by atoms with van der Waals surface area (Å²) in [6.45, 7) is 3.96. The zero-order valence-electron chi connectivity index (χ0n) is 15.3. The molecule has 0 radical (unpaired) electrons. The number of fused-ring (bicyclic) bond motifs is 1. The smallest absolute Gasteiger partial charge is 0.338 e. The molecular formula is C18H22N4O3S. The van der Waals surface area contributed by atoms with E-state index in [1.54, 1.807) is 23.6 Å². The third-order valence-electron chi connectivity index (χ3n) is 4.08. The molecule has 0 bridgehead atoms. The Hall–Kier alpha value is -2.48. The van der Waals surface area contributed by atoms with Gasteiger partial charge in [0.15, 0.2) is 0 Å². The standard InChI is InChI=1S/C18H22N4O3S/c1-5-9-26-18-20-17-19-11(2)14(16(23)25-4)15(22(17)21-18)12-7-6-8-13(10-12)24-3/h6-8,10,15H,5,9H2,1-4H3,(H,19,20,21). The van der Waals surface area contributed by atoms with E-state index in [0.29, 0.717) is 28.1 Å². The van der Waals surface area contributed by atoms with Crippen LogP contribution in [-0.4, -0.2) is 40.7 Å². The van der Waals surface area contributed by atoms with E-state index < -0.39 is 12.0 Å². The highest BCUT2D eigenvalue weighted by Gasteiger charge is 2.35. The van der Waals surface area contributed by atoms with Gasteiger partial charge in [-0.05, 0) is 31.0 Å². The molecule has 0 amide bonds. The molecule has 0 spiro atoms. The van der Waals surface area contributed by atoms with E-state index in [-0.39, 0.29) is 0 Å². The third kappa shape index (κ3) is 3.41. The van der Waals surface area contributed by atoms with Crippen LogP contribution >= 0.6 is 11.8 Å². The highest BCUT2D eigenvalue weighted by atomic mass is 32.2. The number of esters is 1. The van der Waals surface area contributed by atoms with Gasteiger partial charge in [0.25, 0.3) is 0 Å². The van der Waals surface area contributed by atoms with Crippen molar-refractivity contribution in [3.05, 3.63) is 41.1 Å². The summed E-state index contributed by atoms with van der Waals surface area (Å²) in [4.78, 5) is 17.0. The Balaban J connectivity index is 2.12.